The summed E-state index contributed by atoms with van der Waals surface area (Å²) in [6.07, 6.45) is 1.31. The van der Waals surface area contributed by atoms with Gasteiger partial charge in [-0.05, 0) is 31.9 Å². The standard InChI is InChI=1S/C16H21FN2O4/c1-10(18-16(21)11-5-7-23-8-6-11)15(20)19-12-3-4-14(22-2)13(17)9-12/h3-4,9-11H,5-8H2,1-2H3,(H,18,21)(H,19,20)/t10-/m0/s1. The van der Waals surface area contributed by atoms with Gasteiger partial charge in [-0.1, -0.05) is 0 Å². The number of rotatable bonds is 5. The summed E-state index contributed by atoms with van der Waals surface area (Å²) < 4.78 is 23.6. The Morgan fingerprint density at radius 3 is 2.65 bits per heavy atom. The van der Waals surface area contributed by atoms with Crippen LogP contribution in [0.4, 0.5) is 10.1 Å². The molecular formula is C16H21FN2O4. The SMILES string of the molecule is COc1ccc(NC(=O)[C@H](C)NC(=O)C2CCOCC2)cc1F. The van der Waals surface area contributed by atoms with Gasteiger partial charge in [-0.2, -0.15) is 0 Å². The second kappa shape index (κ2) is 7.92. The van der Waals surface area contributed by atoms with Crippen LogP contribution < -0.4 is 15.4 Å². The molecule has 1 aliphatic heterocycles. The monoisotopic (exact) mass is 324 g/mol. The Kier molecular flexibility index (Phi) is 5.92. The zero-order valence-electron chi connectivity index (χ0n) is 13.2. The minimum atomic E-state index is -0.712. The molecule has 1 fully saturated rings. The zero-order chi connectivity index (χ0) is 16.8. The highest BCUT2D eigenvalue weighted by molar-refractivity contribution is 5.97. The average Bonchev–Trinajstić information content (AvgIpc) is 2.55. The lowest BCUT2D eigenvalue weighted by Crippen LogP contribution is -2.45. The molecule has 1 heterocycles. The quantitative estimate of drug-likeness (QED) is 0.864. The van der Waals surface area contributed by atoms with Gasteiger partial charge >= 0.3 is 0 Å². The van der Waals surface area contributed by atoms with Crippen molar-refractivity contribution in [1.29, 1.82) is 0 Å². The highest BCUT2D eigenvalue weighted by atomic mass is 19.1. The van der Waals surface area contributed by atoms with Gasteiger partial charge in [0.2, 0.25) is 11.8 Å². The number of benzene rings is 1. The number of nitrogens with one attached hydrogen (secondary N) is 2. The van der Waals surface area contributed by atoms with Gasteiger partial charge in [0, 0.05) is 30.9 Å². The van der Waals surface area contributed by atoms with Crippen LogP contribution in [0.3, 0.4) is 0 Å². The molecule has 0 unspecified atom stereocenters. The largest absolute Gasteiger partial charge is 0.494 e. The fraction of sp³-hybridized carbons (Fsp3) is 0.500. The number of carbonyl (C=O) groups excluding carboxylic acids is 2. The topological polar surface area (TPSA) is 76.7 Å². The molecule has 0 aliphatic carbocycles. The van der Waals surface area contributed by atoms with Crippen molar-refractivity contribution < 1.29 is 23.5 Å². The van der Waals surface area contributed by atoms with Gasteiger partial charge in [0.05, 0.1) is 7.11 Å². The van der Waals surface area contributed by atoms with E-state index in [1.165, 1.54) is 25.3 Å². The van der Waals surface area contributed by atoms with Crippen molar-refractivity contribution in [2.75, 3.05) is 25.6 Å². The number of hydrogen-bond acceptors (Lipinski definition) is 4. The molecule has 1 saturated heterocycles. The van der Waals surface area contributed by atoms with Gasteiger partial charge in [-0.25, -0.2) is 4.39 Å². The van der Waals surface area contributed by atoms with Crippen molar-refractivity contribution in [3.05, 3.63) is 24.0 Å². The van der Waals surface area contributed by atoms with Crippen LogP contribution in [0, 0.1) is 11.7 Å². The summed E-state index contributed by atoms with van der Waals surface area (Å²) in [6.45, 7) is 2.71. The molecule has 126 valence electrons. The van der Waals surface area contributed by atoms with Gasteiger partial charge in [-0.3, -0.25) is 9.59 Å². The Morgan fingerprint density at radius 1 is 1.35 bits per heavy atom. The lowest BCUT2D eigenvalue weighted by molar-refractivity contribution is -0.131. The molecule has 0 spiro atoms. The van der Waals surface area contributed by atoms with Gasteiger partial charge in [-0.15, -0.1) is 0 Å². The van der Waals surface area contributed by atoms with Crippen molar-refractivity contribution in [3.8, 4) is 5.75 Å². The minimum Gasteiger partial charge on any atom is -0.494 e. The molecule has 1 atom stereocenters. The second-order valence-corrected chi connectivity index (χ2v) is 5.46. The molecule has 0 saturated carbocycles. The minimum absolute atomic E-state index is 0.101. The van der Waals surface area contributed by atoms with Crippen LogP contribution in [-0.4, -0.2) is 38.2 Å². The van der Waals surface area contributed by atoms with E-state index in [9.17, 15) is 14.0 Å². The van der Waals surface area contributed by atoms with E-state index in [0.29, 0.717) is 31.7 Å². The van der Waals surface area contributed by atoms with Crippen LogP contribution in [0.1, 0.15) is 19.8 Å². The van der Waals surface area contributed by atoms with E-state index in [-0.39, 0.29) is 17.6 Å². The van der Waals surface area contributed by atoms with E-state index in [4.69, 9.17) is 9.47 Å². The fourth-order valence-corrected chi connectivity index (χ4v) is 2.35. The number of methoxy groups -OCH3 is 1. The molecule has 6 nitrogen and oxygen atoms in total. The lowest BCUT2D eigenvalue weighted by atomic mass is 9.99. The molecule has 23 heavy (non-hydrogen) atoms. The number of ether oxygens (including phenoxy) is 2. The molecule has 1 aromatic rings. The first-order chi connectivity index (χ1) is 11.0. The van der Waals surface area contributed by atoms with Crippen LogP contribution in [0.2, 0.25) is 0 Å². The molecule has 0 aromatic heterocycles. The maximum Gasteiger partial charge on any atom is 0.246 e. The van der Waals surface area contributed by atoms with Crippen molar-refractivity contribution in [2.24, 2.45) is 5.92 Å². The van der Waals surface area contributed by atoms with Crippen LogP contribution in [-0.2, 0) is 14.3 Å². The first-order valence-electron chi connectivity index (χ1n) is 7.53. The van der Waals surface area contributed by atoms with E-state index >= 15 is 0 Å². The van der Waals surface area contributed by atoms with Gasteiger partial charge in [0.1, 0.15) is 6.04 Å². The lowest BCUT2D eigenvalue weighted by Gasteiger charge is -2.23. The highest BCUT2D eigenvalue weighted by Crippen LogP contribution is 2.20. The van der Waals surface area contributed by atoms with Crippen molar-refractivity contribution in [2.45, 2.75) is 25.8 Å². The van der Waals surface area contributed by atoms with Crippen LogP contribution >= 0.6 is 0 Å². The van der Waals surface area contributed by atoms with Gasteiger partial charge < -0.3 is 20.1 Å². The van der Waals surface area contributed by atoms with E-state index in [2.05, 4.69) is 10.6 Å². The van der Waals surface area contributed by atoms with Gasteiger partial charge in [0.15, 0.2) is 11.6 Å². The maximum absolute atomic E-state index is 13.6. The molecule has 0 radical (unpaired) electrons. The summed E-state index contributed by atoms with van der Waals surface area (Å²) in [5.41, 5.74) is 0.306. The summed E-state index contributed by atoms with van der Waals surface area (Å²) in [4.78, 5) is 24.2. The maximum atomic E-state index is 13.6. The van der Waals surface area contributed by atoms with Crippen molar-refractivity contribution in [3.63, 3.8) is 0 Å². The van der Waals surface area contributed by atoms with Crippen molar-refractivity contribution in [1.82, 2.24) is 5.32 Å². The van der Waals surface area contributed by atoms with Crippen LogP contribution in [0.25, 0.3) is 0 Å². The number of carbonyl (C=O) groups is 2. The summed E-state index contributed by atoms with van der Waals surface area (Å²) >= 11 is 0. The number of amides is 2. The van der Waals surface area contributed by atoms with Crippen LogP contribution in [0.5, 0.6) is 5.75 Å². The molecule has 0 bridgehead atoms. The molecule has 2 rings (SSSR count). The van der Waals surface area contributed by atoms with E-state index in [0.717, 1.165) is 0 Å². The smallest absolute Gasteiger partial charge is 0.246 e. The highest BCUT2D eigenvalue weighted by Gasteiger charge is 2.24. The summed E-state index contributed by atoms with van der Waals surface area (Å²) in [5, 5.41) is 5.25. The Balaban J connectivity index is 1.89. The average molecular weight is 324 g/mol. The van der Waals surface area contributed by atoms with E-state index in [1.807, 2.05) is 0 Å². The zero-order valence-corrected chi connectivity index (χ0v) is 13.2. The molecule has 7 heteroatoms. The predicted molar refractivity (Wildman–Crippen MR) is 82.7 cm³/mol. The van der Waals surface area contributed by atoms with Gasteiger partial charge in [0.25, 0.3) is 0 Å². The molecule has 1 aliphatic rings. The van der Waals surface area contributed by atoms with Crippen molar-refractivity contribution >= 4 is 17.5 Å². The first kappa shape index (κ1) is 17.2. The van der Waals surface area contributed by atoms with Crippen LogP contribution in [0.15, 0.2) is 18.2 Å². The molecular weight excluding hydrogens is 303 g/mol. The van der Waals surface area contributed by atoms with E-state index in [1.54, 1.807) is 6.92 Å². The summed E-state index contributed by atoms with van der Waals surface area (Å²) in [7, 11) is 1.37. The number of anilines is 1. The normalized spacial score (nSPS) is 16.5. The number of hydrogen-bond donors (Lipinski definition) is 2. The fourth-order valence-electron chi connectivity index (χ4n) is 2.35. The summed E-state index contributed by atoms with van der Waals surface area (Å²) in [5.74, 6) is -1.16. The third kappa shape index (κ3) is 4.66. The summed E-state index contributed by atoms with van der Waals surface area (Å²) in [6, 6.07) is 3.42. The van der Waals surface area contributed by atoms with E-state index < -0.39 is 17.8 Å². The predicted octanol–water partition coefficient (Wildman–Crippen LogP) is 1.70. The molecule has 2 amide bonds. The second-order valence-electron chi connectivity index (χ2n) is 5.46. The molecule has 1 aromatic carbocycles. The third-order valence-corrected chi connectivity index (χ3v) is 3.76. The third-order valence-electron chi connectivity index (χ3n) is 3.76. The Bertz CT molecular complexity index is 573. The Morgan fingerprint density at radius 2 is 2.04 bits per heavy atom. The Labute approximate surface area is 134 Å². The first-order valence-corrected chi connectivity index (χ1v) is 7.53. The molecule has 2 N–H and O–H groups in total. The Hall–Kier alpha value is -2.15. The number of halogens is 1.